The molecule has 4 heterocycles. The zero-order valence-corrected chi connectivity index (χ0v) is 27.8. The molecule has 2 amide bonds. The molecule has 244 valence electrons. The van der Waals surface area contributed by atoms with Gasteiger partial charge in [-0.2, -0.15) is 9.40 Å². The van der Waals surface area contributed by atoms with Crippen molar-refractivity contribution in [3.63, 3.8) is 0 Å². The Morgan fingerprint density at radius 1 is 0.936 bits per heavy atom. The van der Waals surface area contributed by atoms with Crippen LogP contribution in [0, 0.1) is 12.8 Å². The van der Waals surface area contributed by atoms with Crippen molar-refractivity contribution in [2.75, 3.05) is 10.6 Å². The molecule has 2 unspecified atom stereocenters. The fraction of sp³-hybridized carbons (Fsp3) is 0.371. The molecule has 3 aromatic carbocycles. The van der Waals surface area contributed by atoms with Crippen molar-refractivity contribution < 1.29 is 17.8 Å². The maximum Gasteiger partial charge on any atom is 0.324 e. The second kappa shape index (κ2) is 11.9. The number of hydrogen-bond acceptors (Lipinski definition) is 7. The van der Waals surface area contributed by atoms with Gasteiger partial charge in [-0.3, -0.25) is 5.32 Å². The van der Waals surface area contributed by atoms with Gasteiger partial charge < -0.3 is 5.32 Å². The maximum absolute atomic E-state index is 13.8. The summed E-state index contributed by atoms with van der Waals surface area (Å²) in [6, 6.07) is 22.3. The number of hydrogen-bond donors (Lipinski definition) is 2. The largest absolute Gasteiger partial charge is 0.324 e. The molecular weight excluding hydrogens is 614 g/mol. The zero-order valence-electron chi connectivity index (χ0n) is 27.0. The summed E-state index contributed by atoms with van der Waals surface area (Å²) in [5.41, 5.74) is 5.18. The molecule has 2 fully saturated rings. The van der Waals surface area contributed by atoms with Crippen molar-refractivity contribution in [2.24, 2.45) is 5.92 Å². The highest BCUT2D eigenvalue weighted by Crippen LogP contribution is 2.43. The van der Waals surface area contributed by atoms with Crippen LogP contribution in [0.3, 0.4) is 0 Å². The second-order valence-corrected chi connectivity index (χ2v) is 15.7. The molecule has 11 nitrogen and oxygen atoms in total. The molecule has 0 radical (unpaired) electrons. The third kappa shape index (κ3) is 6.15. The third-order valence-electron chi connectivity index (χ3n) is 9.28. The molecule has 0 aliphatic carbocycles. The average molecular weight is 654 g/mol. The molecule has 0 saturated carbocycles. The minimum absolute atomic E-state index is 0.0673. The Labute approximate surface area is 274 Å². The molecule has 2 bridgehead atoms. The third-order valence-corrected chi connectivity index (χ3v) is 11.3. The van der Waals surface area contributed by atoms with Gasteiger partial charge in [-0.15, -0.1) is 0 Å². The van der Waals surface area contributed by atoms with Gasteiger partial charge in [0.1, 0.15) is 16.2 Å². The van der Waals surface area contributed by atoms with Crippen molar-refractivity contribution in [2.45, 2.75) is 82.2 Å². The van der Waals surface area contributed by atoms with E-state index in [0.29, 0.717) is 22.9 Å². The van der Waals surface area contributed by atoms with Gasteiger partial charge in [0.25, 0.3) is 0 Å². The van der Waals surface area contributed by atoms with E-state index in [2.05, 4.69) is 47.8 Å². The lowest BCUT2D eigenvalue weighted by Gasteiger charge is -2.38. The van der Waals surface area contributed by atoms with Crippen LogP contribution in [-0.4, -0.2) is 50.9 Å². The van der Waals surface area contributed by atoms with E-state index < -0.39 is 10.0 Å². The minimum atomic E-state index is -3.76. The van der Waals surface area contributed by atoms with Crippen molar-refractivity contribution in [3.8, 4) is 5.69 Å². The van der Waals surface area contributed by atoms with Gasteiger partial charge in [-0.25, -0.2) is 22.5 Å². The number of carbonyl (C=O) groups is 1. The van der Waals surface area contributed by atoms with E-state index in [4.69, 9.17) is 9.73 Å². The molecule has 2 aliphatic heterocycles. The molecule has 47 heavy (non-hydrogen) atoms. The lowest BCUT2D eigenvalue weighted by atomic mass is 9.87. The molecule has 2 aromatic heterocycles. The number of aromatic nitrogens is 4. The number of nitrogens with zero attached hydrogens (tertiary/aromatic N) is 5. The summed E-state index contributed by atoms with van der Waals surface area (Å²) < 4.78 is 36.0. The van der Waals surface area contributed by atoms with Gasteiger partial charge >= 0.3 is 6.03 Å². The Bertz CT molecular complexity index is 2030. The second-order valence-electron chi connectivity index (χ2n) is 13.8. The number of piperidine rings is 1. The predicted octanol–water partition coefficient (Wildman–Crippen LogP) is 6.83. The standard InChI is InChI=1S/C35H39N7O4S/c1-22-11-13-26(14-12-22)41-32(21-31(38-41)35(2,3)4)37-34(43)36-25-8-5-7-23(18-25)17-24-19-27-15-16-28(20-24)42(27)47(44,45)30-10-6-9-29-33(30)40-46-39-29/h5-14,18,21,24,27-28H,15-17,19-20H2,1-4H3,(H2,36,37,43). The van der Waals surface area contributed by atoms with Crippen LogP contribution in [0.4, 0.5) is 16.3 Å². The number of amides is 2. The molecule has 2 saturated heterocycles. The van der Waals surface area contributed by atoms with Crippen molar-refractivity contribution in [3.05, 3.63) is 89.6 Å². The molecule has 2 atom stereocenters. The van der Waals surface area contributed by atoms with E-state index in [1.165, 1.54) is 0 Å². The Balaban J connectivity index is 1.03. The number of urea groups is 1. The first-order valence-electron chi connectivity index (χ1n) is 16.0. The van der Waals surface area contributed by atoms with E-state index in [1.54, 1.807) is 27.2 Å². The predicted molar refractivity (Wildman–Crippen MR) is 180 cm³/mol. The summed E-state index contributed by atoms with van der Waals surface area (Å²) in [6.07, 6.45) is 4.03. The Morgan fingerprint density at radius 2 is 1.66 bits per heavy atom. The van der Waals surface area contributed by atoms with Gasteiger partial charge in [0.05, 0.1) is 11.4 Å². The van der Waals surface area contributed by atoms with E-state index >= 15 is 0 Å². The Morgan fingerprint density at radius 3 is 2.38 bits per heavy atom. The first-order valence-corrected chi connectivity index (χ1v) is 17.5. The number of nitrogens with one attached hydrogen (secondary N) is 2. The van der Waals surface area contributed by atoms with Crippen LogP contribution < -0.4 is 10.6 Å². The van der Waals surface area contributed by atoms with Gasteiger partial charge in [-0.05, 0) is 97.2 Å². The van der Waals surface area contributed by atoms with Crippen LogP contribution in [0.5, 0.6) is 0 Å². The zero-order chi connectivity index (χ0) is 32.9. The number of sulfonamides is 1. The minimum Gasteiger partial charge on any atom is -0.308 e. The van der Waals surface area contributed by atoms with E-state index in [9.17, 15) is 13.2 Å². The highest BCUT2D eigenvalue weighted by Gasteiger charge is 2.47. The molecular formula is C35H39N7O4S. The van der Waals surface area contributed by atoms with E-state index in [1.807, 2.05) is 55.5 Å². The summed E-state index contributed by atoms with van der Waals surface area (Å²) in [7, 11) is -3.76. The summed E-state index contributed by atoms with van der Waals surface area (Å²) in [4.78, 5) is 13.4. The Hall–Kier alpha value is -4.55. The van der Waals surface area contributed by atoms with Crippen LogP contribution in [-0.2, 0) is 21.9 Å². The fourth-order valence-electron chi connectivity index (χ4n) is 7.02. The molecule has 0 spiro atoms. The number of carbonyl (C=O) groups excluding carboxylic acids is 1. The van der Waals surface area contributed by atoms with Gasteiger partial charge in [-0.1, -0.05) is 56.7 Å². The molecule has 2 aliphatic rings. The van der Waals surface area contributed by atoms with Crippen molar-refractivity contribution >= 4 is 38.6 Å². The first-order chi connectivity index (χ1) is 22.5. The average Bonchev–Trinajstić information content (AvgIpc) is 3.74. The summed E-state index contributed by atoms with van der Waals surface area (Å²) in [5.74, 6) is 0.910. The van der Waals surface area contributed by atoms with Crippen LogP contribution >= 0.6 is 0 Å². The number of benzene rings is 3. The van der Waals surface area contributed by atoms with E-state index in [0.717, 1.165) is 54.6 Å². The topological polar surface area (TPSA) is 135 Å². The summed E-state index contributed by atoms with van der Waals surface area (Å²) >= 11 is 0. The van der Waals surface area contributed by atoms with Gasteiger partial charge in [0.15, 0.2) is 5.52 Å². The fourth-order valence-corrected chi connectivity index (χ4v) is 9.05. The smallest absolute Gasteiger partial charge is 0.308 e. The Kier molecular flexibility index (Phi) is 7.88. The van der Waals surface area contributed by atoms with Crippen molar-refractivity contribution in [1.29, 1.82) is 0 Å². The van der Waals surface area contributed by atoms with E-state index in [-0.39, 0.29) is 33.9 Å². The summed E-state index contributed by atoms with van der Waals surface area (Å²) in [5, 5.41) is 18.5. The van der Waals surface area contributed by atoms with Crippen LogP contribution in [0.15, 0.2) is 82.3 Å². The molecule has 2 N–H and O–H groups in total. The van der Waals surface area contributed by atoms with Crippen LogP contribution in [0.1, 0.15) is 63.3 Å². The normalized spacial score (nSPS) is 20.0. The molecule has 12 heteroatoms. The van der Waals surface area contributed by atoms with Gasteiger partial charge in [0.2, 0.25) is 10.0 Å². The van der Waals surface area contributed by atoms with Crippen molar-refractivity contribution in [1.82, 2.24) is 24.4 Å². The van der Waals surface area contributed by atoms with Gasteiger partial charge in [0, 0.05) is 29.3 Å². The SMILES string of the molecule is Cc1ccc(-n2nc(C(C)(C)C)cc2NC(=O)Nc2cccc(CC3CC4CCC(C3)N4S(=O)(=O)c3cccc4nonc34)c2)cc1. The number of aryl methyl sites for hydroxylation is 1. The number of fused-ring (bicyclic) bond motifs is 3. The highest BCUT2D eigenvalue weighted by molar-refractivity contribution is 7.89. The van der Waals surface area contributed by atoms with Crippen LogP contribution in [0.25, 0.3) is 16.7 Å². The maximum atomic E-state index is 13.8. The summed E-state index contributed by atoms with van der Waals surface area (Å²) in [6.45, 7) is 8.31. The monoisotopic (exact) mass is 653 g/mol. The lowest BCUT2D eigenvalue weighted by Crippen LogP contribution is -2.46. The first kappa shape index (κ1) is 31.1. The molecule has 5 aromatic rings. The lowest BCUT2D eigenvalue weighted by molar-refractivity contribution is 0.190. The highest BCUT2D eigenvalue weighted by atomic mass is 32.2. The number of rotatable bonds is 7. The number of anilines is 2. The quantitative estimate of drug-likeness (QED) is 0.197. The molecule has 7 rings (SSSR count). The van der Waals surface area contributed by atoms with Crippen LogP contribution in [0.2, 0.25) is 0 Å².